The fraction of sp³-hybridized carbons (Fsp3) is 0.385. The van der Waals surface area contributed by atoms with E-state index >= 15 is 0 Å². The first-order valence-corrected chi connectivity index (χ1v) is 6.01. The van der Waals surface area contributed by atoms with Gasteiger partial charge < -0.3 is 10.3 Å². The van der Waals surface area contributed by atoms with E-state index in [1.165, 1.54) is 17.5 Å². The molecule has 0 aliphatic carbocycles. The first-order valence-electron chi connectivity index (χ1n) is 6.01. The molecule has 0 fully saturated rings. The molecule has 0 saturated carbocycles. The monoisotopic (exact) mass is 228 g/mol. The first-order chi connectivity index (χ1) is 8.29. The zero-order chi connectivity index (χ0) is 11.8. The minimum atomic E-state index is 0.582. The molecule has 1 aliphatic rings. The summed E-state index contributed by atoms with van der Waals surface area (Å²) in [4.78, 5) is 0. The van der Waals surface area contributed by atoms with E-state index in [0.29, 0.717) is 6.54 Å². The third-order valence-corrected chi connectivity index (χ3v) is 3.38. The summed E-state index contributed by atoms with van der Waals surface area (Å²) in [7, 11) is 0. The van der Waals surface area contributed by atoms with Crippen LogP contribution in [0.3, 0.4) is 0 Å². The Morgan fingerprint density at radius 1 is 1.35 bits per heavy atom. The number of hydrogen-bond acceptors (Lipinski definition) is 3. The molecule has 0 unspecified atom stereocenters. The maximum absolute atomic E-state index is 5.64. The molecular weight excluding hydrogens is 212 g/mol. The van der Waals surface area contributed by atoms with Crippen molar-refractivity contribution in [2.24, 2.45) is 5.73 Å². The molecule has 0 amide bonds. The molecule has 4 nitrogen and oxygen atoms in total. The second-order valence-corrected chi connectivity index (χ2v) is 4.55. The molecule has 0 radical (unpaired) electrons. The number of aryl methyl sites for hydroxylation is 2. The zero-order valence-corrected chi connectivity index (χ0v) is 9.98. The molecule has 4 heteroatoms. The average molecular weight is 228 g/mol. The van der Waals surface area contributed by atoms with Gasteiger partial charge in [-0.25, -0.2) is 0 Å². The summed E-state index contributed by atoms with van der Waals surface area (Å²) in [6.07, 6.45) is 2.23. The van der Waals surface area contributed by atoms with Gasteiger partial charge in [-0.15, -0.1) is 10.2 Å². The van der Waals surface area contributed by atoms with Crippen molar-refractivity contribution >= 4 is 0 Å². The van der Waals surface area contributed by atoms with Crippen LogP contribution in [0.1, 0.15) is 23.4 Å². The average Bonchev–Trinajstić information content (AvgIpc) is 2.91. The quantitative estimate of drug-likeness (QED) is 0.850. The van der Waals surface area contributed by atoms with Crippen LogP contribution in [-0.2, 0) is 19.5 Å². The van der Waals surface area contributed by atoms with Crippen molar-refractivity contribution in [1.29, 1.82) is 0 Å². The van der Waals surface area contributed by atoms with Crippen molar-refractivity contribution < 1.29 is 0 Å². The number of nitrogens with zero attached hydrogens (tertiary/aromatic N) is 3. The molecule has 0 atom stereocenters. The van der Waals surface area contributed by atoms with Crippen LogP contribution in [0, 0.1) is 6.92 Å². The third-order valence-electron chi connectivity index (χ3n) is 3.38. The highest BCUT2D eigenvalue weighted by Crippen LogP contribution is 2.26. The molecule has 0 spiro atoms. The van der Waals surface area contributed by atoms with Gasteiger partial charge in [-0.05, 0) is 24.5 Å². The third kappa shape index (κ3) is 1.65. The van der Waals surface area contributed by atoms with Gasteiger partial charge in [-0.2, -0.15) is 0 Å². The summed E-state index contributed by atoms with van der Waals surface area (Å²) in [5.41, 5.74) is 9.19. The van der Waals surface area contributed by atoms with Gasteiger partial charge in [0, 0.05) is 25.1 Å². The largest absolute Gasteiger partial charge is 0.326 e. The highest BCUT2D eigenvalue weighted by atomic mass is 15.3. The lowest BCUT2D eigenvalue weighted by Gasteiger charge is -2.08. The standard InChI is InChI=1S/C13H16N4/c1-9-7-10(8-14)4-5-11(9)13-16-15-12-3-2-6-17(12)13/h4-5,7H,2-3,6,8,14H2,1H3. The first kappa shape index (κ1) is 10.5. The lowest BCUT2D eigenvalue weighted by molar-refractivity contribution is 0.748. The van der Waals surface area contributed by atoms with Crippen LogP contribution in [0.25, 0.3) is 11.4 Å². The summed E-state index contributed by atoms with van der Waals surface area (Å²) in [5.74, 6) is 2.11. The molecule has 2 N–H and O–H groups in total. The van der Waals surface area contributed by atoms with Crippen LogP contribution < -0.4 is 5.73 Å². The normalized spacial score (nSPS) is 14.0. The molecule has 0 bridgehead atoms. The molecule has 1 aromatic heterocycles. The Morgan fingerprint density at radius 3 is 3.00 bits per heavy atom. The van der Waals surface area contributed by atoms with Gasteiger partial charge in [0.2, 0.25) is 0 Å². The van der Waals surface area contributed by atoms with Gasteiger partial charge >= 0.3 is 0 Å². The molecule has 88 valence electrons. The molecule has 2 aromatic rings. The molecule has 17 heavy (non-hydrogen) atoms. The number of benzene rings is 1. The Morgan fingerprint density at radius 2 is 2.24 bits per heavy atom. The molecule has 1 aromatic carbocycles. The number of nitrogens with two attached hydrogens (primary N) is 1. The highest BCUT2D eigenvalue weighted by Gasteiger charge is 2.19. The summed E-state index contributed by atoms with van der Waals surface area (Å²) < 4.78 is 2.23. The minimum Gasteiger partial charge on any atom is -0.326 e. The Balaban J connectivity index is 2.09. The second-order valence-electron chi connectivity index (χ2n) is 4.55. The van der Waals surface area contributed by atoms with Gasteiger partial charge in [0.1, 0.15) is 5.82 Å². The summed E-state index contributed by atoms with van der Waals surface area (Å²) in [6.45, 7) is 3.72. The van der Waals surface area contributed by atoms with Crippen LogP contribution in [0.2, 0.25) is 0 Å². The zero-order valence-electron chi connectivity index (χ0n) is 9.98. The Bertz CT molecular complexity index is 557. The summed E-state index contributed by atoms with van der Waals surface area (Å²) in [5, 5.41) is 8.55. The maximum Gasteiger partial charge on any atom is 0.164 e. The molecule has 2 heterocycles. The topological polar surface area (TPSA) is 56.7 Å². The van der Waals surface area contributed by atoms with Crippen LogP contribution >= 0.6 is 0 Å². The predicted octanol–water partition coefficient (Wildman–Crippen LogP) is 1.66. The van der Waals surface area contributed by atoms with Crippen LogP contribution in [0.5, 0.6) is 0 Å². The minimum absolute atomic E-state index is 0.582. The van der Waals surface area contributed by atoms with Crippen molar-refractivity contribution in [2.45, 2.75) is 32.9 Å². The predicted molar refractivity (Wildman–Crippen MR) is 66.4 cm³/mol. The van der Waals surface area contributed by atoms with Crippen molar-refractivity contribution in [2.75, 3.05) is 0 Å². The van der Waals surface area contributed by atoms with Gasteiger partial charge in [-0.1, -0.05) is 18.2 Å². The number of aromatic nitrogens is 3. The smallest absolute Gasteiger partial charge is 0.164 e. The molecule has 0 saturated heterocycles. The van der Waals surface area contributed by atoms with E-state index in [0.717, 1.165) is 30.2 Å². The summed E-state index contributed by atoms with van der Waals surface area (Å²) >= 11 is 0. The van der Waals surface area contributed by atoms with Crippen molar-refractivity contribution in [3.63, 3.8) is 0 Å². The maximum atomic E-state index is 5.64. The molecule has 3 rings (SSSR count). The van der Waals surface area contributed by atoms with Crippen molar-refractivity contribution in [3.05, 3.63) is 35.2 Å². The van der Waals surface area contributed by atoms with E-state index < -0.39 is 0 Å². The number of hydrogen-bond donors (Lipinski definition) is 1. The molecular formula is C13H16N4. The van der Waals surface area contributed by atoms with Gasteiger partial charge in [0.05, 0.1) is 0 Å². The van der Waals surface area contributed by atoms with Crippen LogP contribution in [-0.4, -0.2) is 14.8 Å². The van der Waals surface area contributed by atoms with E-state index in [-0.39, 0.29) is 0 Å². The van der Waals surface area contributed by atoms with Crippen LogP contribution in [0.15, 0.2) is 18.2 Å². The van der Waals surface area contributed by atoms with Gasteiger partial charge in [0.25, 0.3) is 0 Å². The van der Waals surface area contributed by atoms with E-state index in [4.69, 9.17) is 5.73 Å². The Labute approximate surface area is 100 Å². The van der Waals surface area contributed by atoms with Crippen molar-refractivity contribution in [3.8, 4) is 11.4 Å². The van der Waals surface area contributed by atoms with E-state index in [1.54, 1.807) is 0 Å². The van der Waals surface area contributed by atoms with Crippen LogP contribution in [0.4, 0.5) is 0 Å². The number of rotatable bonds is 2. The van der Waals surface area contributed by atoms with E-state index in [2.05, 4.69) is 39.9 Å². The Kier molecular flexibility index (Phi) is 2.44. The fourth-order valence-electron chi connectivity index (χ4n) is 2.45. The Hall–Kier alpha value is -1.68. The SMILES string of the molecule is Cc1cc(CN)ccc1-c1nnc2n1CCC2. The second kappa shape index (κ2) is 3.96. The lowest BCUT2D eigenvalue weighted by atomic mass is 10.0. The fourth-order valence-corrected chi connectivity index (χ4v) is 2.45. The molecule has 1 aliphatic heterocycles. The lowest BCUT2D eigenvalue weighted by Crippen LogP contribution is -2.00. The number of fused-ring (bicyclic) bond motifs is 1. The van der Waals surface area contributed by atoms with E-state index in [1.807, 2.05) is 0 Å². The highest BCUT2D eigenvalue weighted by molar-refractivity contribution is 5.61. The van der Waals surface area contributed by atoms with Gasteiger partial charge in [-0.3, -0.25) is 0 Å². The van der Waals surface area contributed by atoms with Gasteiger partial charge in [0.15, 0.2) is 5.82 Å². The summed E-state index contributed by atoms with van der Waals surface area (Å²) in [6, 6.07) is 6.30. The van der Waals surface area contributed by atoms with E-state index in [9.17, 15) is 0 Å². The van der Waals surface area contributed by atoms with Crippen molar-refractivity contribution in [1.82, 2.24) is 14.8 Å².